The molecule has 104 valence electrons. The molecule has 0 aliphatic heterocycles. The Kier molecular flexibility index (Phi) is 4.91. The first-order valence-electron chi connectivity index (χ1n) is 5.57. The molecule has 0 radical (unpaired) electrons. The number of hydrogen-bond acceptors (Lipinski definition) is 2. The summed E-state index contributed by atoms with van der Waals surface area (Å²) in [5, 5.41) is 9.26. The lowest BCUT2D eigenvalue weighted by Crippen LogP contribution is -1.97. The van der Waals surface area contributed by atoms with Gasteiger partial charge >= 0.3 is 5.97 Å². The second-order valence-corrected chi connectivity index (χ2v) is 5.85. The topological polar surface area (TPSA) is 37.3 Å². The molecule has 2 aromatic carbocycles. The Morgan fingerprint density at radius 2 is 1.85 bits per heavy atom. The third kappa shape index (κ3) is 3.66. The molecule has 0 amide bonds. The molecule has 2 aromatic rings. The van der Waals surface area contributed by atoms with Crippen LogP contribution in [-0.2, 0) is 5.75 Å². The molecule has 2 rings (SSSR count). The molecule has 0 aliphatic carbocycles. The summed E-state index contributed by atoms with van der Waals surface area (Å²) in [6, 6.07) is 9.36. The van der Waals surface area contributed by atoms with Crippen LogP contribution in [0.2, 0.25) is 10.0 Å². The maximum absolute atomic E-state index is 13.3. The van der Waals surface area contributed by atoms with Crippen molar-refractivity contribution in [2.24, 2.45) is 0 Å². The van der Waals surface area contributed by atoms with Gasteiger partial charge in [0.1, 0.15) is 5.82 Å². The van der Waals surface area contributed by atoms with E-state index in [1.54, 1.807) is 12.1 Å². The highest BCUT2D eigenvalue weighted by atomic mass is 35.5. The minimum Gasteiger partial charge on any atom is -0.478 e. The van der Waals surface area contributed by atoms with Gasteiger partial charge in [0.15, 0.2) is 0 Å². The van der Waals surface area contributed by atoms with Gasteiger partial charge in [-0.05, 0) is 35.9 Å². The molecule has 0 unspecified atom stereocenters. The Morgan fingerprint density at radius 3 is 2.50 bits per heavy atom. The van der Waals surface area contributed by atoms with E-state index < -0.39 is 11.8 Å². The fourth-order valence-corrected chi connectivity index (χ4v) is 2.75. The van der Waals surface area contributed by atoms with E-state index in [4.69, 9.17) is 28.3 Å². The number of carboxylic acid groups (broad SMARTS) is 1. The third-order valence-electron chi connectivity index (χ3n) is 2.56. The first-order valence-corrected chi connectivity index (χ1v) is 7.31. The second-order valence-electron chi connectivity index (χ2n) is 3.98. The van der Waals surface area contributed by atoms with Gasteiger partial charge in [-0.25, -0.2) is 9.18 Å². The lowest BCUT2D eigenvalue weighted by Gasteiger charge is -2.05. The van der Waals surface area contributed by atoms with Crippen LogP contribution in [0.1, 0.15) is 15.9 Å². The monoisotopic (exact) mass is 330 g/mol. The first-order chi connectivity index (χ1) is 9.47. The number of carbonyl (C=O) groups is 1. The lowest BCUT2D eigenvalue weighted by molar-refractivity contribution is 0.0697. The maximum atomic E-state index is 13.3. The second kappa shape index (κ2) is 6.48. The van der Waals surface area contributed by atoms with Crippen LogP contribution in [0.4, 0.5) is 4.39 Å². The van der Waals surface area contributed by atoms with Crippen molar-refractivity contribution in [3.63, 3.8) is 0 Å². The summed E-state index contributed by atoms with van der Waals surface area (Å²) in [6.07, 6.45) is 0. The van der Waals surface area contributed by atoms with E-state index in [0.717, 1.165) is 10.5 Å². The van der Waals surface area contributed by atoms with Crippen molar-refractivity contribution in [2.45, 2.75) is 10.6 Å². The normalized spacial score (nSPS) is 10.6. The number of benzene rings is 2. The molecule has 2 nitrogen and oxygen atoms in total. The molecule has 0 atom stereocenters. The minimum atomic E-state index is -1.07. The fraction of sp³-hybridized carbons (Fsp3) is 0.0714. The summed E-state index contributed by atoms with van der Waals surface area (Å²) in [7, 11) is 0. The Balaban J connectivity index is 2.12. The van der Waals surface area contributed by atoms with Crippen LogP contribution in [0, 0.1) is 5.82 Å². The lowest BCUT2D eigenvalue weighted by atomic mass is 10.2. The van der Waals surface area contributed by atoms with Crippen molar-refractivity contribution in [3.8, 4) is 0 Å². The average Bonchev–Trinajstić information content (AvgIpc) is 2.41. The van der Waals surface area contributed by atoms with Gasteiger partial charge < -0.3 is 5.11 Å². The van der Waals surface area contributed by atoms with E-state index in [1.807, 2.05) is 0 Å². The molecular formula is C14H9Cl2FO2S. The zero-order valence-electron chi connectivity index (χ0n) is 10.1. The third-order valence-corrected chi connectivity index (χ3v) is 4.26. The number of carboxylic acids is 1. The van der Waals surface area contributed by atoms with Gasteiger partial charge in [-0.15, -0.1) is 11.8 Å². The molecule has 0 bridgehead atoms. The largest absolute Gasteiger partial charge is 0.478 e. The van der Waals surface area contributed by atoms with E-state index in [0.29, 0.717) is 5.75 Å². The molecule has 0 fully saturated rings. The summed E-state index contributed by atoms with van der Waals surface area (Å²) in [5.74, 6) is -1.03. The van der Waals surface area contributed by atoms with Crippen molar-refractivity contribution in [1.29, 1.82) is 0 Å². The van der Waals surface area contributed by atoms with Crippen LogP contribution in [-0.4, -0.2) is 11.1 Å². The van der Waals surface area contributed by atoms with Gasteiger partial charge in [0.2, 0.25) is 0 Å². The Labute approximate surface area is 129 Å². The molecule has 0 saturated heterocycles. The Bertz CT molecular complexity index is 662. The standard InChI is InChI=1S/C14H9Cl2FO2S/c15-11-4-2-9(6-10(11)14(18)19)20-7-8-1-3-12(16)13(17)5-8/h1-6H,7H2,(H,18,19). The summed E-state index contributed by atoms with van der Waals surface area (Å²) in [4.78, 5) is 11.7. The van der Waals surface area contributed by atoms with Crippen molar-refractivity contribution in [2.75, 3.05) is 0 Å². The van der Waals surface area contributed by atoms with Crippen molar-refractivity contribution in [3.05, 3.63) is 63.4 Å². The zero-order valence-corrected chi connectivity index (χ0v) is 12.4. The molecule has 0 spiro atoms. The summed E-state index contributed by atoms with van der Waals surface area (Å²) in [5.41, 5.74) is 0.822. The van der Waals surface area contributed by atoms with Crippen molar-refractivity contribution in [1.82, 2.24) is 0 Å². The number of aromatic carboxylic acids is 1. The van der Waals surface area contributed by atoms with E-state index in [1.165, 1.54) is 36.0 Å². The average molecular weight is 331 g/mol. The highest BCUT2D eigenvalue weighted by Crippen LogP contribution is 2.28. The van der Waals surface area contributed by atoms with Gasteiger partial charge in [-0.2, -0.15) is 0 Å². The van der Waals surface area contributed by atoms with E-state index in [2.05, 4.69) is 0 Å². The molecule has 6 heteroatoms. The fourth-order valence-electron chi connectivity index (χ4n) is 1.55. The molecule has 20 heavy (non-hydrogen) atoms. The van der Waals surface area contributed by atoms with Crippen molar-refractivity contribution < 1.29 is 14.3 Å². The van der Waals surface area contributed by atoms with Crippen molar-refractivity contribution >= 4 is 40.9 Å². The molecule has 1 N–H and O–H groups in total. The van der Waals surface area contributed by atoms with Gasteiger partial charge in [-0.3, -0.25) is 0 Å². The quantitative estimate of drug-likeness (QED) is 0.790. The maximum Gasteiger partial charge on any atom is 0.337 e. The van der Waals surface area contributed by atoms with Gasteiger partial charge in [0.05, 0.1) is 15.6 Å². The van der Waals surface area contributed by atoms with E-state index >= 15 is 0 Å². The molecule has 0 aliphatic rings. The number of rotatable bonds is 4. The number of thioether (sulfide) groups is 1. The van der Waals surface area contributed by atoms with Crippen LogP contribution >= 0.6 is 35.0 Å². The van der Waals surface area contributed by atoms with Crippen LogP contribution < -0.4 is 0 Å². The molecule has 0 saturated carbocycles. The van der Waals surface area contributed by atoms with Gasteiger partial charge in [-0.1, -0.05) is 29.3 Å². The number of halogens is 3. The number of hydrogen-bond donors (Lipinski definition) is 1. The Hall–Kier alpha value is -1.23. The van der Waals surface area contributed by atoms with Gasteiger partial charge in [0, 0.05) is 10.6 Å². The van der Waals surface area contributed by atoms with Gasteiger partial charge in [0.25, 0.3) is 0 Å². The van der Waals surface area contributed by atoms with Crippen LogP contribution in [0.5, 0.6) is 0 Å². The SMILES string of the molecule is O=C(O)c1cc(SCc2ccc(Cl)c(F)c2)ccc1Cl. The molecular weight excluding hydrogens is 322 g/mol. The van der Waals surface area contributed by atoms with E-state index in [9.17, 15) is 9.18 Å². The molecule has 0 aromatic heterocycles. The van der Waals surface area contributed by atoms with Crippen LogP contribution in [0.15, 0.2) is 41.3 Å². The minimum absolute atomic E-state index is 0.0546. The predicted molar refractivity (Wildman–Crippen MR) is 79.4 cm³/mol. The highest BCUT2D eigenvalue weighted by molar-refractivity contribution is 7.98. The predicted octanol–water partition coefficient (Wildman–Crippen LogP) is 5.12. The molecule has 0 heterocycles. The van der Waals surface area contributed by atoms with Crippen LogP contribution in [0.3, 0.4) is 0 Å². The highest BCUT2D eigenvalue weighted by Gasteiger charge is 2.10. The van der Waals surface area contributed by atoms with Crippen LogP contribution in [0.25, 0.3) is 0 Å². The summed E-state index contributed by atoms with van der Waals surface area (Å²) in [6.45, 7) is 0. The zero-order chi connectivity index (χ0) is 14.7. The first kappa shape index (κ1) is 15.2. The summed E-state index contributed by atoms with van der Waals surface area (Å²) >= 11 is 12.8. The Morgan fingerprint density at radius 1 is 1.15 bits per heavy atom. The van der Waals surface area contributed by atoms with E-state index in [-0.39, 0.29) is 15.6 Å². The smallest absolute Gasteiger partial charge is 0.337 e. The summed E-state index contributed by atoms with van der Waals surface area (Å²) < 4.78 is 13.3.